The number of thiazole rings is 1. The van der Waals surface area contributed by atoms with Crippen molar-refractivity contribution in [2.24, 2.45) is 5.92 Å². The molecule has 3 heterocycles. The number of hydrogen-bond acceptors (Lipinski definition) is 8. The molecule has 7 nitrogen and oxygen atoms in total. The highest BCUT2D eigenvalue weighted by Gasteiger charge is 2.48. The van der Waals surface area contributed by atoms with Crippen LogP contribution < -0.4 is 9.64 Å². The molecular formula is C21H20ClF3N4O3S2. The van der Waals surface area contributed by atoms with E-state index in [2.05, 4.69) is 15.0 Å². The fourth-order valence-electron chi connectivity index (χ4n) is 3.72. The summed E-state index contributed by atoms with van der Waals surface area (Å²) in [5.41, 5.74) is 0.639. The van der Waals surface area contributed by atoms with Crippen molar-refractivity contribution in [3.8, 4) is 15.6 Å². The number of ether oxygens (including phenoxy) is 1. The zero-order valence-electron chi connectivity index (χ0n) is 17.9. The third kappa shape index (κ3) is 5.78. The minimum atomic E-state index is -4.56. The SMILES string of the molecule is CS(=O)(=O)c1ccc(-c2cnc(OC(C3CCN(c4ncc(Cl)cn4)CC3)C(F)(F)F)s2)cc1. The van der Waals surface area contributed by atoms with Gasteiger partial charge in [0.2, 0.25) is 5.95 Å². The molecule has 1 aliphatic rings. The summed E-state index contributed by atoms with van der Waals surface area (Å²) in [4.78, 5) is 14.8. The second kappa shape index (κ2) is 9.67. The van der Waals surface area contributed by atoms with E-state index < -0.39 is 28.0 Å². The van der Waals surface area contributed by atoms with Crippen LogP contribution in [0.25, 0.3) is 10.4 Å². The maximum atomic E-state index is 13.9. The van der Waals surface area contributed by atoms with Crippen LogP contribution >= 0.6 is 22.9 Å². The van der Waals surface area contributed by atoms with E-state index in [1.165, 1.54) is 30.7 Å². The van der Waals surface area contributed by atoms with Gasteiger partial charge in [0.25, 0.3) is 5.19 Å². The summed E-state index contributed by atoms with van der Waals surface area (Å²) >= 11 is 6.77. The van der Waals surface area contributed by atoms with Crippen molar-refractivity contribution in [3.05, 3.63) is 47.9 Å². The number of nitrogens with zero attached hydrogens (tertiary/aromatic N) is 4. The summed E-state index contributed by atoms with van der Waals surface area (Å²) in [6.07, 6.45) is -0.630. The molecule has 182 valence electrons. The van der Waals surface area contributed by atoms with Crippen LogP contribution in [0.3, 0.4) is 0 Å². The standard InChI is InChI=1S/C21H20ClF3N4O3S2/c1-34(30,31)16-4-2-13(3-5-16)17-12-28-20(33-17)32-18(21(23,24)25)14-6-8-29(9-7-14)19-26-10-15(22)11-27-19/h2-5,10-12,14,18H,6-9H2,1H3. The van der Waals surface area contributed by atoms with Gasteiger partial charge in [-0.2, -0.15) is 13.2 Å². The van der Waals surface area contributed by atoms with Gasteiger partial charge in [0.15, 0.2) is 15.9 Å². The number of aromatic nitrogens is 3. The molecule has 1 atom stereocenters. The zero-order valence-corrected chi connectivity index (χ0v) is 20.3. The Morgan fingerprint density at radius 2 is 1.71 bits per heavy atom. The second-order valence-corrected chi connectivity index (χ2v) is 11.3. The lowest BCUT2D eigenvalue weighted by atomic mass is 9.91. The average molecular weight is 533 g/mol. The molecule has 1 fully saturated rings. The van der Waals surface area contributed by atoms with Crippen molar-refractivity contribution in [1.82, 2.24) is 15.0 Å². The van der Waals surface area contributed by atoms with Crippen molar-refractivity contribution in [2.75, 3.05) is 24.2 Å². The van der Waals surface area contributed by atoms with Crippen LogP contribution in [0.5, 0.6) is 5.19 Å². The topological polar surface area (TPSA) is 85.3 Å². The Labute approximate surface area is 203 Å². The predicted molar refractivity (Wildman–Crippen MR) is 123 cm³/mol. The predicted octanol–water partition coefficient (Wildman–Crippen LogP) is 4.88. The van der Waals surface area contributed by atoms with E-state index in [9.17, 15) is 21.6 Å². The Morgan fingerprint density at radius 3 is 2.26 bits per heavy atom. The summed E-state index contributed by atoms with van der Waals surface area (Å²) in [5, 5.41) is 0.298. The smallest absolute Gasteiger partial charge is 0.425 e. The molecule has 13 heteroatoms. The third-order valence-corrected chi connectivity index (χ3v) is 7.72. The highest BCUT2D eigenvalue weighted by molar-refractivity contribution is 7.90. The van der Waals surface area contributed by atoms with E-state index in [1.54, 1.807) is 12.1 Å². The van der Waals surface area contributed by atoms with Gasteiger partial charge >= 0.3 is 6.18 Å². The third-order valence-electron chi connectivity index (χ3n) is 5.46. The van der Waals surface area contributed by atoms with Crippen molar-refractivity contribution in [3.63, 3.8) is 0 Å². The van der Waals surface area contributed by atoms with Gasteiger partial charge in [-0.05, 0) is 30.5 Å². The Bertz CT molecular complexity index is 1230. The highest BCUT2D eigenvalue weighted by atomic mass is 35.5. The van der Waals surface area contributed by atoms with Gasteiger partial charge in [-0.25, -0.2) is 23.4 Å². The van der Waals surface area contributed by atoms with Gasteiger partial charge < -0.3 is 9.64 Å². The molecule has 1 unspecified atom stereocenters. The molecule has 0 radical (unpaired) electrons. The van der Waals surface area contributed by atoms with Crippen LogP contribution in [0.1, 0.15) is 12.8 Å². The minimum Gasteiger partial charge on any atom is -0.457 e. The molecule has 1 aromatic carbocycles. The van der Waals surface area contributed by atoms with E-state index in [0.29, 0.717) is 34.5 Å². The van der Waals surface area contributed by atoms with E-state index in [-0.39, 0.29) is 22.9 Å². The molecule has 0 aliphatic carbocycles. The van der Waals surface area contributed by atoms with Crippen LogP contribution in [0, 0.1) is 5.92 Å². The van der Waals surface area contributed by atoms with Crippen molar-refractivity contribution >= 4 is 38.7 Å². The van der Waals surface area contributed by atoms with E-state index >= 15 is 0 Å². The van der Waals surface area contributed by atoms with Crippen LogP contribution in [0.2, 0.25) is 5.02 Å². The minimum absolute atomic E-state index is 0.0898. The van der Waals surface area contributed by atoms with Crippen molar-refractivity contribution in [1.29, 1.82) is 0 Å². The second-order valence-electron chi connectivity index (χ2n) is 7.89. The number of piperidine rings is 1. The molecule has 0 saturated carbocycles. The van der Waals surface area contributed by atoms with Gasteiger partial charge in [-0.15, -0.1) is 0 Å². The van der Waals surface area contributed by atoms with E-state index in [0.717, 1.165) is 17.6 Å². The summed E-state index contributed by atoms with van der Waals surface area (Å²) in [5.74, 6) is -0.316. The molecule has 1 saturated heterocycles. The number of benzene rings is 1. The van der Waals surface area contributed by atoms with Crippen LogP contribution in [-0.4, -0.2) is 55.0 Å². The largest absolute Gasteiger partial charge is 0.457 e. The Kier molecular flexibility index (Phi) is 7.02. The highest BCUT2D eigenvalue weighted by Crippen LogP contribution is 2.38. The molecule has 34 heavy (non-hydrogen) atoms. The first-order chi connectivity index (χ1) is 16.0. The summed E-state index contributed by atoms with van der Waals surface area (Å²) in [7, 11) is -3.34. The monoisotopic (exact) mass is 532 g/mol. The number of halogens is 4. The number of hydrogen-bond donors (Lipinski definition) is 0. The molecular weight excluding hydrogens is 513 g/mol. The molecule has 3 aromatic rings. The first kappa shape index (κ1) is 24.7. The summed E-state index contributed by atoms with van der Waals surface area (Å²) in [6, 6.07) is 6.07. The van der Waals surface area contributed by atoms with Crippen LogP contribution in [-0.2, 0) is 9.84 Å². The van der Waals surface area contributed by atoms with Crippen molar-refractivity contribution in [2.45, 2.75) is 30.0 Å². The normalized spacial score (nSPS) is 16.4. The first-order valence-electron chi connectivity index (χ1n) is 10.2. The van der Waals surface area contributed by atoms with E-state index in [1.807, 2.05) is 4.90 Å². The molecule has 0 N–H and O–H groups in total. The number of sulfone groups is 1. The molecule has 2 aromatic heterocycles. The van der Waals surface area contributed by atoms with E-state index in [4.69, 9.17) is 16.3 Å². The Morgan fingerprint density at radius 1 is 1.09 bits per heavy atom. The fourth-order valence-corrected chi connectivity index (χ4v) is 5.26. The van der Waals surface area contributed by atoms with Gasteiger partial charge in [0.05, 0.1) is 27.2 Å². The van der Waals surface area contributed by atoms with Crippen molar-refractivity contribution < 1.29 is 26.3 Å². The van der Waals surface area contributed by atoms with Gasteiger partial charge in [-0.3, -0.25) is 0 Å². The Balaban J connectivity index is 1.45. The average Bonchev–Trinajstić information content (AvgIpc) is 3.26. The van der Waals surface area contributed by atoms with Crippen LogP contribution in [0.4, 0.5) is 19.1 Å². The lowest BCUT2D eigenvalue weighted by molar-refractivity contribution is -0.211. The molecule has 4 rings (SSSR count). The maximum Gasteiger partial charge on any atom is 0.425 e. The molecule has 0 bridgehead atoms. The first-order valence-corrected chi connectivity index (χ1v) is 13.3. The number of alkyl halides is 3. The number of rotatable bonds is 6. The summed E-state index contributed by atoms with van der Waals surface area (Å²) in [6.45, 7) is 0.718. The molecule has 0 amide bonds. The molecule has 1 aliphatic heterocycles. The lowest BCUT2D eigenvalue weighted by Crippen LogP contribution is -2.46. The lowest BCUT2D eigenvalue weighted by Gasteiger charge is -2.36. The van der Waals surface area contributed by atoms with Gasteiger partial charge in [0, 0.05) is 31.5 Å². The summed E-state index contributed by atoms with van der Waals surface area (Å²) < 4.78 is 70.2. The van der Waals surface area contributed by atoms with Crippen LogP contribution in [0.15, 0.2) is 47.8 Å². The fraction of sp³-hybridized carbons (Fsp3) is 0.381. The molecule has 0 spiro atoms. The zero-order chi connectivity index (χ0) is 24.5. The quantitative estimate of drug-likeness (QED) is 0.447. The number of anilines is 1. The Hall–Kier alpha value is -2.44. The van der Waals surface area contributed by atoms with Gasteiger partial charge in [-0.1, -0.05) is 35.1 Å². The van der Waals surface area contributed by atoms with Gasteiger partial charge in [0.1, 0.15) is 0 Å². The maximum absolute atomic E-state index is 13.9.